The van der Waals surface area contributed by atoms with Crippen LogP contribution in [0.2, 0.25) is 0 Å². The maximum atomic E-state index is 5.01. The Balaban J connectivity index is 1.52. The van der Waals surface area contributed by atoms with Crippen LogP contribution in [0.15, 0.2) is 64.0 Å². The minimum absolute atomic E-state index is 0.260. The van der Waals surface area contributed by atoms with Crippen LogP contribution in [-0.2, 0) is 0 Å². The molecule has 142 valence electrons. The predicted molar refractivity (Wildman–Crippen MR) is 117 cm³/mol. The lowest BCUT2D eigenvalue weighted by Crippen LogP contribution is -2.35. The molecule has 5 rings (SSSR count). The van der Waals surface area contributed by atoms with Gasteiger partial charge in [0, 0.05) is 16.5 Å². The van der Waals surface area contributed by atoms with Gasteiger partial charge in [0.2, 0.25) is 0 Å². The van der Waals surface area contributed by atoms with Gasteiger partial charge in [-0.25, -0.2) is 10.5 Å². The van der Waals surface area contributed by atoms with Crippen molar-refractivity contribution in [3.8, 4) is 0 Å². The number of amidine groups is 2. The van der Waals surface area contributed by atoms with Crippen molar-refractivity contribution in [2.75, 3.05) is 5.32 Å². The summed E-state index contributed by atoms with van der Waals surface area (Å²) in [4.78, 5) is 5.01. The number of hydrogen-bond donors (Lipinski definition) is 4. The molecule has 2 aromatic carbocycles. The lowest BCUT2D eigenvalue weighted by Gasteiger charge is -2.28. The Kier molecular flexibility index (Phi) is 4.33. The average Bonchev–Trinajstić information content (AvgIpc) is 3.40. The van der Waals surface area contributed by atoms with E-state index in [4.69, 9.17) is 4.99 Å². The van der Waals surface area contributed by atoms with Crippen LogP contribution in [0.25, 0.3) is 0 Å². The van der Waals surface area contributed by atoms with Gasteiger partial charge >= 0.3 is 0 Å². The SMILES string of the molecule is CC(C)c1cccc(NC2=Nc3cc(C4=NNNN4)ccc3C3SC=CC23)c1. The fourth-order valence-electron chi connectivity index (χ4n) is 3.70. The molecule has 6 nitrogen and oxygen atoms in total. The van der Waals surface area contributed by atoms with Crippen LogP contribution in [0.1, 0.15) is 41.7 Å². The zero-order valence-corrected chi connectivity index (χ0v) is 16.5. The molecule has 7 heteroatoms. The van der Waals surface area contributed by atoms with Gasteiger partial charge in [-0.3, -0.25) is 5.43 Å². The molecule has 0 aliphatic carbocycles. The first-order valence-electron chi connectivity index (χ1n) is 9.45. The molecule has 2 aromatic rings. The van der Waals surface area contributed by atoms with Gasteiger partial charge in [0.05, 0.1) is 11.6 Å². The van der Waals surface area contributed by atoms with Crippen molar-refractivity contribution in [3.63, 3.8) is 0 Å². The Labute approximate surface area is 168 Å². The van der Waals surface area contributed by atoms with Crippen molar-refractivity contribution in [3.05, 3.63) is 70.6 Å². The zero-order chi connectivity index (χ0) is 19.1. The second-order valence-electron chi connectivity index (χ2n) is 7.41. The van der Waals surface area contributed by atoms with Gasteiger partial charge in [0.25, 0.3) is 0 Å². The number of nitrogens with one attached hydrogen (secondary N) is 4. The molecule has 0 radical (unpaired) electrons. The Hall–Kier alpha value is -2.77. The molecule has 3 aliphatic rings. The summed E-state index contributed by atoms with van der Waals surface area (Å²) in [6.07, 6.45) is 2.25. The first kappa shape index (κ1) is 17.3. The minimum Gasteiger partial charge on any atom is -0.343 e. The lowest BCUT2D eigenvalue weighted by molar-refractivity contribution is 0.577. The molecule has 0 saturated carbocycles. The summed E-state index contributed by atoms with van der Waals surface area (Å²) in [6, 6.07) is 15.0. The van der Waals surface area contributed by atoms with E-state index in [0.29, 0.717) is 11.2 Å². The van der Waals surface area contributed by atoms with E-state index in [1.54, 1.807) is 0 Å². The number of fused-ring (bicyclic) bond motifs is 3. The molecule has 28 heavy (non-hydrogen) atoms. The number of rotatable bonds is 3. The fourth-order valence-corrected chi connectivity index (χ4v) is 4.87. The van der Waals surface area contributed by atoms with Gasteiger partial charge in [-0.1, -0.05) is 44.2 Å². The van der Waals surface area contributed by atoms with Gasteiger partial charge in [0.1, 0.15) is 5.84 Å². The summed E-state index contributed by atoms with van der Waals surface area (Å²) in [5.74, 6) is 2.51. The Morgan fingerprint density at radius 2 is 2.07 bits per heavy atom. The molecule has 2 atom stereocenters. The third kappa shape index (κ3) is 3.06. The van der Waals surface area contributed by atoms with Gasteiger partial charge < -0.3 is 5.32 Å². The van der Waals surface area contributed by atoms with Crippen molar-refractivity contribution in [1.82, 2.24) is 16.5 Å². The van der Waals surface area contributed by atoms with Gasteiger partial charge in [-0.15, -0.1) is 22.4 Å². The first-order valence-corrected chi connectivity index (χ1v) is 10.4. The average molecular weight is 391 g/mol. The topological polar surface area (TPSA) is 72.8 Å². The highest BCUT2D eigenvalue weighted by Crippen LogP contribution is 2.50. The summed E-state index contributed by atoms with van der Waals surface area (Å²) in [6.45, 7) is 4.43. The summed E-state index contributed by atoms with van der Waals surface area (Å²) in [5.41, 5.74) is 14.2. The van der Waals surface area contributed by atoms with Crippen LogP contribution in [0.5, 0.6) is 0 Å². The highest BCUT2D eigenvalue weighted by atomic mass is 32.2. The van der Waals surface area contributed by atoms with Crippen LogP contribution >= 0.6 is 11.8 Å². The molecule has 0 aromatic heterocycles. The maximum absolute atomic E-state index is 5.01. The molecule has 0 fully saturated rings. The van der Waals surface area contributed by atoms with E-state index in [0.717, 1.165) is 28.6 Å². The molecule has 2 unspecified atom stereocenters. The Morgan fingerprint density at radius 1 is 1.14 bits per heavy atom. The van der Waals surface area contributed by atoms with Gasteiger partial charge in [0.15, 0.2) is 5.84 Å². The zero-order valence-electron chi connectivity index (χ0n) is 15.7. The van der Waals surface area contributed by atoms with E-state index in [2.05, 4.69) is 94.7 Å². The Bertz CT molecular complexity index is 1010. The molecular formula is C21H22N6S. The number of benzene rings is 2. The number of hydrazine groups is 2. The van der Waals surface area contributed by atoms with E-state index in [-0.39, 0.29) is 5.92 Å². The summed E-state index contributed by atoms with van der Waals surface area (Å²) in [7, 11) is 0. The predicted octanol–water partition coefficient (Wildman–Crippen LogP) is 4.16. The van der Waals surface area contributed by atoms with Crippen molar-refractivity contribution in [1.29, 1.82) is 0 Å². The molecule has 0 saturated heterocycles. The number of aliphatic imine (C=N–C) groups is 1. The van der Waals surface area contributed by atoms with E-state index in [1.807, 2.05) is 11.8 Å². The summed E-state index contributed by atoms with van der Waals surface area (Å²) < 4.78 is 0. The smallest absolute Gasteiger partial charge is 0.170 e. The summed E-state index contributed by atoms with van der Waals surface area (Å²) in [5, 5.41) is 10.3. The molecule has 3 heterocycles. The standard InChI is InChI=1S/C21H22N6S/c1-12(2)13-4-3-5-15(10-13)22-21-17-8-9-28-19(17)16-7-6-14(11-18(16)23-21)20-24-26-27-25-20/h3-12,17,19,26-27H,1-2H3,(H,22,23)(H,24,25). The largest absolute Gasteiger partial charge is 0.343 e. The van der Waals surface area contributed by atoms with Crippen LogP contribution in [0.3, 0.4) is 0 Å². The number of thioether (sulfide) groups is 1. The lowest BCUT2D eigenvalue weighted by atomic mass is 9.92. The van der Waals surface area contributed by atoms with Crippen LogP contribution in [-0.4, -0.2) is 11.7 Å². The van der Waals surface area contributed by atoms with Crippen molar-refractivity contribution in [2.45, 2.75) is 25.0 Å². The molecular weight excluding hydrogens is 368 g/mol. The van der Waals surface area contributed by atoms with Gasteiger partial charge in [-0.2, -0.15) is 0 Å². The number of anilines is 1. The Morgan fingerprint density at radius 3 is 2.89 bits per heavy atom. The monoisotopic (exact) mass is 390 g/mol. The highest BCUT2D eigenvalue weighted by molar-refractivity contribution is 8.02. The van der Waals surface area contributed by atoms with E-state index in [1.165, 1.54) is 11.1 Å². The van der Waals surface area contributed by atoms with Crippen molar-refractivity contribution < 1.29 is 0 Å². The molecule has 4 N–H and O–H groups in total. The third-order valence-corrected chi connectivity index (χ3v) is 6.39. The number of hydrazone groups is 1. The van der Waals surface area contributed by atoms with Crippen molar-refractivity contribution >= 4 is 34.8 Å². The minimum atomic E-state index is 0.260. The van der Waals surface area contributed by atoms with E-state index < -0.39 is 0 Å². The molecule has 3 aliphatic heterocycles. The highest BCUT2D eigenvalue weighted by Gasteiger charge is 2.35. The van der Waals surface area contributed by atoms with Crippen LogP contribution in [0.4, 0.5) is 11.4 Å². The molecule has 0 spiro atoms. The quantitative estimate of drug-likeness (QED) is 0.633. The van der Waals surface area contributed by atoms with Crippen molar-refractivity contribution in [2.24, 2.45) is 16.0 Å². The molecule has 0 amide bonds. The molecule has 0 bridgehead atoms. The van der Waals surface area contributed by atoms with Gasteiger partial charge in [-0.05, 0) is 40.7 Å². The summed E-state index contributed by atoms with van der Waals surface area (Å²) >= 11 is 1.86. The third-order valence-electron chi connectivity index (χ3n) is 5.23. The number of hydrogen-bond acceptors (Lipinski definition) is 7. The normalized spacial score (nSPS) is 22.1. The van der Waals surface area contributed by atoms with E-state index >= 15 is 0 Å². The number of nitrogens with zero attached hydrogens (tertiary/aromatic N) is 2. The maximum Gasteiger partial charge on any atom is 0.170 e. The van der Waals surface area contributed by atoms with Crippen LogP contribution < -0.4 is 21.8 Å². The first-order chi connectivity index (χ1) is 13.7. The fraction of sp³-hybridized carbons (Fsp3) is 0.238. The second-order valence-corrected chi connectivity index (χ2v) is 8.46. The van der Waals surface area contributed by atoms with E-state index in [9.17, 15) is 0 Å². The van der Waals surface area contributed by atoms with Crippen LogP contribution in [0, 0.1) is 5.92 Å². The second kappa shape index (κ2) is 7.00.